The van der Waals surface area contributed by atoms with Gasteiger partial charge in [-0.3, -0.25) is 0 Å². The lowest BCUT2D eigenvalue weighted by Gasteiger charge is -2.04. The van der Waals surface area contributed by atoms with E-state index in [2.05, 4.69) is 0 Å². The van der Waals surface area contributed by atoms with Crippen molar-refractivity contribution in [2.75, 3.05) is 20.3 Å². The van der Waals surface area contributed by atoms with Gasteiger partial charge in [-0.05, 0) is 12.1 Å². The van der Waals surface area contributed by atoms with Gasteiger partial charge < -0.3 is 14.2 Å². The first kappa shape index (κ1) is 10.5. The Morgan fingerprint density at radius 1 is 1.21 bits per heavy atom. The molecule has 0 N–H and O–H groups in total. The Kier molecular flexibility index (Phi) is 4.50. The van der Waals surface area contributed by atoms with Crippen LogP contribution in [0.15, 0.2) is 30.3 Å². The molecule has 1 aromatic rings. The van der Waals surface area contributed by atoms with Crippen LogP contribution in [0.5, 0.6) is 5.75 Å². The molecule has 0 bridgehead atoms. The summed E-state index contributed by atoms with van der Waals surface area (Å²) in [7, 11) is 1.53. The molecular weight excluding hydrogens is 184 g/mol. The highest BCUT2D eigenvalue weighted by Crippen LogP contribution is 2.08. The molecule has 0 spiro atoms. The fourth-order valence-electron chi connectivity index (χ4n) is 0.823. The zero-order chi connectivity index (χ0) is 10.2. The van der Waals surface area contributed by atoms with E-state index in [9.17, 15) is 4.79 Å². The molecule has 1 rings (SSSR count). The van der Waals surface area contributed by atoms with Gasteiger partial charge in [0, 0.05) is 7.11 Å². The lowest BCUT2D eigenvalue weighted by Crippen LogP contribution is -2.13. The summed E-state index contributed by atoms with van der Waals surface area (Å²) in [6.45, 7) is 0.562. The van der Waals surface area contributed by atoms with E-state index >= 15 is 0 Å². The molecule has 0 aliphatic carbocycles. The second-order valence-electron chi connectivity index (χ2n) is 2.51. The summed E-state index contributed by atoms with van der Waals surface area (Å²) in [4.78, 5) is 11.0. The molecule has 0 fully saturated rings. The summed E-state index contributed by atoms with van der Waals surface area (Å²) < 4.78 is 14.3. The minimum atomic E-state index is -0.715. The second-order valence-corrected chi connectivity index (χ2v) is 2.51. The summed E-state index contributed by atoms with van der Waals surface area (Å²) in [5.74, 6) is 0.468. The van der Waals surface area contributed by atoms with Crippen LogP contribution in [0, 0.1) is 0 Å². The molecule has 1 aromatic carbocycles. The van der Waals surface area contributed by atoms with Gasteiger partial charge in [0.25, 0.3) is 0 Å². The van der Waals surface area contributed by atoms with Crippen molar-refractivity contribution in [2.45, 2.75) is 0 Å². The van der Waals surface area contributed by atoms with Crippen LogP contribution in [-0.4, -0.2) is 26.5 Å². The highest BCUT2D eigenvalue weighted by molar-refractivity contribution is 5.63. The van der Waals surface area contributed by atoms with Crippen molar-refractivity contribution in [2.24, 2.45) is 0 Å². The second kappa shape index (κ2) is 5.99. The molecule has 0 aliphatic heterocycles. The minimum Gasteiger partial charge on any atom is -0.432 e. The predicted molar refractivity (Wildman–Crippen MR) is 50.3 cm³/mol. The van der Waals surface area contributed by atoms with Crippen LogP contribution < -0.4 is 4.74 Å². The number of rotatable bonds is 4. The zero-order valence-corrected chi connectivity index (χ0v) is 7.93. The van der Waals surface area contributed by atoms with E-state index in [1.807, 2.05) is 6.07 Å². The van der Waals surface area contributed by atoms with Gasteiger partial charge in [-0.1, -0.05) is 18.2 Å². The van der Waals surface area contributed by atoms with E-state index in [1.54, 1.807) is 24.3 Å². The quantitative estimate of drug-likeness (QED) is 0.419. The Morgan fingerprint density at radius 2 is 1.93 bits per heavy atom. The average Bonchev–Trinajstić information content (AvgIpc) is 2.20. The highest BCUT2D eigenvalue weighted by Gasteiger charge is 2.04. The molecule has 0 radical (unpaired) electrons. The normalized spacial score (nSPS) is 9.50. The van der Waals surface area contributed by atoms with Gasteiger partial charge in [0.2, 0.25) is 0 Å². The van der Waals surface area contributed by atoms with Crippen LogP contribution in [-0.2, 0) is 9.47 Å². The van der Waals surface area contributed by atoms with Crippen molar-refractivity contribution in [3.63, 3.8) is 0 Å². The van der Waals surface area contributed by atoms with Crippen LogP contribution in [0.2, 0.25) is 0 Å². The van der Waals surface area contributed by atoms with Gasteiger partial charge in [-0.15, -0.1) is 0 Å². The van der Waals surface area contributed by atoms with Gasteiger partial charge in [0.1, 0.15) is 12.4 Å². The Morgan fingerprint density at radius 3 is 2.57 bits per heavy atom. The topological polar surface area (TPSA) is 44.8 Å². The number of para-hydroxylation sites is 1. The Labute approximate surface area is 82.4 Å². The Balaban J connectivity index is 2.27. The van der Waals surface area contributed by atoms with E-state index in [0.717, 1.165) is 0 Å². The molecule has 4 heteroatoms. The van der Waals surface area contributed by atoms with E-state index in [0.29, 0.717) is 12.4 Å². The fourth-order valence-corrected chi connectivity index (χ4v) is 0.823. The fraction of sp³-hybridized carbons (Fsp3) is 0.300. The summed E-state index contributed by atoms with van der Waals surface area (Å²) >= 11 is 0. The molecule has 0 saturated heterocycles. The lowest BCUT2D eigenvalue weighted by molar-refractivity contribution is 0.0685. The first-order valence-corrected chi connectivity index (χ1v) is 4.21. The number of methoxy groups -OCH3 is 1. The van der Waals surface area contributed by atoms with Gasteiger partial charge in [-0.2, -0.15) is 0 Å². The molecular formula is C10H12O4. The summed E-state index contributed by atoms with van der Waals surface area (Å²) in [6, 6.07) is 8.74. The van der Waals surface area contributed by atoms with Crippen LogP contribution in [0.3, 0.4) is 0 Å². The van der Waals surface area contributed by atoms with Crippen molar-refractivity contribution in [1.29, 1.82) is 0 Å². The smallest absolute Gasteiger partial charge is 0.432 e. The molecule has 0 aromatic heterocycles. The third-order valence-corrected chi connectivity index (χ3v) is 1.45. The maximum absolute atomic E-state index is 11.0. The maximum Gasteiger partial charge on any atom is 0.513 e. The van der Waals surface area contributed by atoms with Crippen molar-refractivity contribution in [1.82, 2.24) is 0 Å². The van der Waals surface area contributed by atoms with Crippen LogP contribution in [0.25, 0.3) is 0 Å². The molecule has 0 aliphatic rings. The summed E-state index contributed by atoms with van der Waals surface area (Å²) in [5, 5.41) is 0. The predicted octanol–water partition coefficient (Wildman–Crippen LogP) is 1.85. The number of ether oxygens (including phenoxy) is 3. The monoisotopic (exact) mass is 196 g/mol. The number of hydrogen-bond donors (Lipinski definition) is 0. The number of hydrogen-bond acceptors (Lipinski definition) is 4. The molecule has 0 heterocycles. The van der Waals surface area contributed by atoms with Gasteiger partial charge in [-0.25, -0.2) is 4.79 Å². The largest absolute Gasteiger partial charge is 0.513 e. The number of benzene rings is 1. The van der Waals surface area contributed by atoms with Crippen molar-refractivity contribution in [3.05, 3.63) is 30.3 Å². The Bertz CT molecular complexity index is 271. The van der Waals surface area contributed by atoms with Crippen molar-refractivity contribution >= 4 is 6.16 Å². The average molecular weight is 196 g/mol. The maximum atomic E-state index is 11.0. The Hall–Kier alpha value is -1.55. The first-order valence-electron chi connectivity index (χ1n) is 4.21. The molecule has 4 nitrogen and oxygen atoms in total. The molecule has 14 heavy (non-hydrogen) atoms. The first-order chi connectivity index (χ1) is 6.83. The summed E-state index contributed by atoms with van der Waals surface area (Å²) in [6.07, 6.45) is -0.715. The highest BCUT2D eigenvalue weighted by atomic mass is 16.7. The lowest BCUT2D eigenvalue weighted by atomic mass is 10.3. The molecule has 0 amide bonds. The van der Waals surface area contributed by atoms with E-state index < -0.39 is 6.16 Å². The molecule has 0 atom stereocenters. The van der Waals surface area contributed by atoms with Crippen LogP contribution in [0.4, 0.5) is 4.79 Å². The van der Waals surface area contributed by atoms with Crippen molar-refractivity contribution in [3.8, 4) is 5.75 Å². The van der Waals surface area contributed by atoms with Gasteiger partial charge in [0.05, 0.1) is 6.61 Å². The van der Waals surface area contributed by atoms with Gasteiger partial charge in [0.15, 0.2) is 0 Å². The third kappa shape index (κ3) is 3.91. The number of carbonyl (C=O) groups is 1. The minimum absolute atomic E-state index is 0.197. The SMILES string of the molecule is COCCOC(=O)Oc1ccccc1. The molecule has 0 saturated carbocycles. The van der Waals surface area contributed by atoms with E-state index in [1.165, 1.54) is 7.11 Å². The molecule has 76 valence electrons. The van der Waals surface area contributed by atoms with E-state index in [4.69, 9.17) is 14.2 Å². The van der Waals surface area contributed by atoms with Crippen molar-refractivity contribution < 1.29 is 19.0 Å². The zero-order valence-electron chi connectivity index (χ0n) is 7.93. The number of carbonyl (C=O) groups excluding carboxylic acids is 1. The van der Waals surface area contributed by atoms with E-state index in [-0.39, 0.29) is 6.61 Å². The van der Waals surface area contributed by atoms with Crippen LogP contribution in [0.1, 0.15) is 0 Å². The summed E-state index contributed by atoms with van der Waals surface area (Å²) in [5.41, 5.74) is 0. The third-order valence-electron chi connectivity index (χ3n) is 1.45. The van der Waals surface area contributed by atoms with Crippen LogP contribution >= 0.6 is 0 Å². The molecule has 0 unspecified atom stereocenters. The van der Waals surface area contributed by atoms with Gasteiger partial charge >= 0.3 is 6.16 Å². The standard InChI is InChI=1S/C10H12O4/c1-12-7-8-13-10(11)14-9-5-3-2-4-6-9/h2-6H,7-8H2,1H3.